The van der Waals surface area contributed by atoms with E-state index >= 15 is 0 Å². The van der Waals surface area contributed by atoms with Crippen LogP contribution in [0.3, 0.4) is 0 Å². The molecule has 0 heterocycles. The average molecular weight is 1340 g/mol. The third-order valence-electron chi connectivity index (χ3n) is 12.1. The fourth-order valence-electron chi connectivity index (χ4n) is 8.42. The summed E-state index contributed by atoms with van der Waals surface area (Å²) in [5.74, 6) is -6.77. The van der Waals surface area contributed by atoms with E-state index in [-0.39, 0.29) is 121 Å². The predicted molar refractivity (Wildman–Crippen MR) is 290 cm³/mol. The van der Waals surface area contributed by atoms with E-state index in [2.05, 4.69) is 0 Å². The number of carboxylic acids is 6. The molecule has 0 N–H and O–H groups in total. The van der Waals surface area contributed by atoms with Gasteiger partial charge in [-0.25, -0.2) is 0 Å². The fourth-order valence-corrected chi connectivity index (χ4v) is 8.42. The van der Waals surface area contributed by atoms with Crippen molar-refractivity contribution < 1.29 is 147 Å². The number of benzene rings is 12. The van der Waals surface area contributed by atoms with Crippen molar-refractivity contribution in [3.8, 4) is 0 Å². The van der Waals surface area contributed by atoms with Gasteiger partial charge in [-0.15, -0.1) is 0 Å². The SMILES string of the molecule is O=C([O-])c1cccc2ccccc12.O=C([O-])c1cccc2ccccc12.O=C([O-])c1cccc2ccccc12.O=C([O-])c1cccc2ccccc12.O=C([O-])c1cccc2ccccc12.O=C([O-])c1cccc2ccccc12.[Nd+3].[Yb+3]. The first-order chi connectivity index (χ1) is 37.7. The molecule has 0 bridgehead atoms. The largest absolute Gasteiger partial charge is 3.00 e. The Morgan fingerprint density at radius 2 is 0.300 bits per heavy atom. The third-order valence-corrected chi connectivity index (χ3v) is 12.1. The first kappa shape index (κ1) is 62.7. The van der Waals surface area contributed by atoms with E-state index in [4.69, 9.17) is 0 Å². The maximum atomic E-state index is 10.7. The van der Waals surface area contributed by atoms with Gasteiger partial charge in [0.2, 0.25) is 0 Å². The van der Waals surface area contributed by atoms with Crippen LogP contribution in [0, 0.1) is 87.8 Å². The quantitative estimate of drug-likeness (QED) is 0.160. The van der Waals surface area contributed by atoms with E-state index in [1.807, 2.05) is 146 Å². The molecule has 396 valence electrons. The summed E-state index contributed by atoms with van der Waals surface area (Å²) < 4.78 is 0. The van der Waals surface area contributed by atoms with Gasteiger partial charge in [0.1, 0.15) is 0 Å². The van der Waals surface area contributed by atoms with Crippen LogP contribution in [-0.2, 0) is 0 Å². The maximum Gasteiger partial charge on any atom is 3.00 e. The molecule has 12 aromatic rings. The Morgan fingerprint density at radius 3 is 0.425 bits per heavy atom. The summed E-state index contributed by atoms with van der Waals surface area (Å²) >= 11 is 0. The molecule has 0 amide bonds. The van der Waals surface area contributed by atoms with Crippen LogP contribution >= 0.6 is 0 Å². The number of hydrogen-bond donors (Lipinski definition) is 0. The molecule has 0 saturated carbocycles. The number of carbonyl (C=O) groups is 6. The molecule has 0 aliphatic rings. The minimum atomic E-state index is -1.13. The van der Waals surface area contributed by atoms with Gasteiger partial charge in [-0.1, -0.05) is 255 Å². The first-order valence-electron chi connectivity index (χ1n) is 23.9. The van der Waals surface area contributed by atoms with Crippen molar-refractivity contribution in [2.75, 3.05) is 0 Å². The monoisotopic (exact) mass is 1340 g/mol. The van der Waals surface area contributed by atoms with Gasteiger partial charge in [0.25, 0.3) is 0 Å². The van der Waals surface area contributed by atoms with Gasteiger partial charge in [0, 0.05) is 33.4 Å². The zero-order valence-corrected chi connectivity index (χ0v) is 46.8. The molecule has 0 atom stereocenters. The smallest absolute Gasteiger partial charge is 0.545 e. The van der Waals surface area contributed by atoms with E-state index < -0.39 is 35.8 Å². The Labute approximate surface area is 530 Å². The van der Waals surface area contributed by atoms with Crippen molar-refractivity contribution in [2.45, 2.75) is 0 Å². The number of hydrogen-bond acceptors (Lipinski definition) is 12. The van der Waals surface area contributed by atoms with Gasteiger partial charge in [0.05, 0.1) is 35.8 Å². The zero-order chi connectivity index (χ0) is 55.6. The van der Waals surface area contributed by atoms with E-state index in [9.17, 15) is 59.4 Å². The summed E-state index contributed by atoms with van der Waals surface area (Å²) in [6.07, 6.45) is 0. The van der Waals surface area contributed by atoms with Crippen LogP contribution in [0.4, 0.5) is 0 Å². The molecule has 0 aliphatic carbocycles. The zero-order valence-electron chi connectivity index (χ0n) is 41.9. The summed E-state index contributed by atoms with van der Waals surface area (Å²) in [6.45, 7) is 0. The molecular formula is C66H42NdO12Yb. The number of carbonyl (C=O) groups excluding carboxylic acids is 6. The molecule has 2 radical (unpaired) electrons. The molecule has 14 heteroatoms. The number of rotatable bonds is 6. The molecule has 12 nitrogen and oxygen atoms in total. The summed E-state index contributed by atoms with van der Waals surface area (Å²) in [4.78, 5) is 64.2. The Bertz CT molecular complexity index is 3440. The Balaban J connectivity index is 0.000000176. The molecule has 12 rings (SSSR count). The van der Waals surface area contributed by atoms with Gasteiger partial charge in [0.15, 0.2) is 0 Å². The van der Waals surface area contributed by atoms with Crippen LogP contribution in [0.25, 0.3) is 64.6 Å². The third kappa shape index (κ3) is 16.5. The van der Waals surface area contributed by atoms with Crippen molar-refractivity contribution >= 4 is 100 Å². The molecule has 80 heavy (non-hydrogen) atoms. The van der Waals surface area contributed by atoms with Crippen LogP contribution in [0.1, 0.15) is 62.1 Å². The molecule has 0 spiro atoms. The van der Waals surface area contributed by atoms with E-state index in [1.165, 1.54) is 0 Å². The average Bonchev–Trinajstić information content (AvgIpc) is 3.49. The Morgan fingerprint density at radius 1 is 0.188 bits per heavy atom. The van der Waals surface area contributed by atoms with Gasteiger partial charge in [-0.05, 0) is 64.6 Å². The fraction of sp³-hybridized carbons (Fsp3) is 0. The van der Waals surface area contributed by atoms with Crippen molar-refractivity contribution in [3.63, 3.8) is 0 Å². The number of fused-ring (bicyclic) bond motifs is 6. The van der Waals surface area contributed by atoms with Gasteiger partial charge < -0.3 is 59.4 Å². The summed E-state index contributed by atoms with van der Waals surface area (Å²) in [5.41, 5.74) is 1.49. The van der Waals surface area contributed by atoms with Crippen LogP contribution in [0.2, 0.25) is 0 Å². The van der Waals surface area contributed by atoms with Crippen LogP contribution in [0.15, 0.2) is 255 Å². The molecule has 0 saturated heterocycles. The molecule has 0 aromatic heterocycles. The van der Waals surface area contributed by atoms with Crippen LogP contribution in [-0.4, -0.2) is 35.8 Å². The van der Waals surface area contributed by atoms with E-state index in [0.717, 1.165) is 64.6 Å². The molecular weight excluding hydrogens is 1300 g/mol. The number of aromatic carboxylic acids is 6. The van der Waals surface area contributed by atoms with Crippen molar-refractivity contribution in [2.24, 2.45) is 0 Å². The predicted octanol–water partition coefficient (Wildman–Crippen LogP) is 7.22. The van der Waals surface area contributed by atoms with Gasteiger partial charge in [-0.3, -0.25) is 0 Å². The van der Waals surface area contributed by atoms with Crippen LogP contribution < -0.4 is 30.6 Å². The first-order valence-corrected chi connectivity index (χ1v) is 23.9. The van der Waals surface area contributed by atoms with Crippen molar-refractivity contribution in [3.05, 3.63) is 288 Å². The molecule has 0 fully saturated rings. The Kier molecular flexibility index (Phi) is 24.2. The van der Waals surface area contributed by atoms with Crippen molar-refractivity contribution in [1.82, 2.24) is 0 Å². The maximum absolute atomic E-state index is 10.7. The van der Waals surface area contributed by atoms with Crippen molar-refractivity contribution in [1.29, 1.82) is 0 Å². The minimum absolute atomic E-state index is 0. The second kappa shape index (κ2) is 30.9. The summed E-state index contributed by atoms with van der Waals surface area (Å²) in [5, 5.41) is 74.1. The number of carboxylic acid groups (broad SMARTS) is 6. The van der Waals surface area contributed by atoms with E-state index in [0.29, 0.717) is 0 Å². The molecule has 12 aromatic carbocycles. The summed E-state index contributed by atoms with van der Waals surface area (Å²) in [7, 11) is 0. The standard InChI is InChI=1S/6C11H8O2.Nd.Yb/c6*12-11(13)10-7-3-5-8-4-1-2-6-9(8)10;;/h6*1-7H,(H,12,13);;/q;;;;;;2*+3/p-6. The second-order valence-electron chi connectivity index (χ2n) is 16.9. The van der Waals surface area contributed by atoms with E-state index in [1.54, 1.807) is 109 Å². The summed E-state index contributed by atoms with van der Waals surface area (Å²) in [6, 6.07) is 74.9. The van der Waals surface area contributed by atoms with Crippen LogP contribution in [0.5, 0.6) is 0 Å². The normalized spacial score (nSPS) is 9.90. The molecule has 0 aliphatic heterocycles. The van der Waals surface area contributed by atoms with Gasteiger partial charge >= 0.3 is 87.8 Å². The van der Waals surface area contributed by atoms with Gasteiger partial charge in [-0.2, -0.15) is 0 Å². The Hall–Kier alpha value is -8.11. The topological polar surface area (TPSA) is 241 Å². The minimum Gasteiger partial charge on any atom is -0.545 e. The molecule has 0 unspecified atom stereocenters. The second-order valence-corrected chi connectivity index (χ2v) is 16.9.